The van der Waals surface area contributed by atoms with Gasteiger partial charge in [0.15, 0.2) is 5.79 Å². The maximum Gasteiger partial charge on any atom is 0.163 e. The van der Waals surface area contributed by atoms with Crippen molar-refractivity contribution in [1.82, 2.24) is 5.48 Å². The highest BCUT2D eigenvalue weighted by atomic mass is 16.7. The van der Waals surface area contributed by atoms with E-state index in [1.54, 1.807) is 0 Å². The van der Waals surface area contributed by atoms with E-state index in [0.717, 1.165) is 22.3 Å². The van der Waals surface area contributed by atoms with Crippen LogP contribution < -0.4 is 5.48 Å². The molecule has 39 heavy (non-hydrogen) atoms. The second-order valence-corrected chi connectivity index (χ2v) is 10.7. The standard InChI is InChI=1S/C34H37NO4/c1-32(2)36-25-31(39-32)33(3,35-38-24-27-16-8-4-9-17-27)26-37-34(28-18-10-5-11-19-28,29-20-12-6-13-21-29)30-22-14-7-15-23-30/h4-23,31,35H,24-26H2,1-3H3/t31-,33-/m0/s1. The minimum absolute atomic E-state index is 0.282. The monoisotopic (exact) mass is 523 g/mol. The molecule has 1 heterocycles. The Labute approximate surface area is 231 Å². The Morgan fingerprint density at radius 1 is 0.744 bits per heavy atom. The van der Waals surface area contributed by atoms with Crippen molar-refractivity contribution in [2.24, 2.45) is 0 Å². The predicted molar refractivity (Wildman–Crippen MR) is 153 cm³/mol. The molecule has 202 valence electrons. The van der Waals surface area contributed by atoms with Gasteiger partial charge in [-0.1, -0.05) is 121 Å². The van der Waals surface area contributed by atoms with E-state index in [-0.39, 0.29) is 12.7 Å². The molecule has 0 radical (unpaired) electrons. The molecule has 1 saturated heterocycles. The number of ether oxygens (including phenoxy) is 3. The van der Waals surface area contributed by atoms with Crippen LogP contribution in [0.1, 0.15) is 43.0 Å². The third kappa shape index (κ3) is 6.14. The van der Waals surface area contributed by atoms with E-state index in [1.807, 2.05) is 62.4 Å². The van der Waals surface area contributed by atoms with E-state index in [4.69, 9.17) is 19.0 Å². The number of hydrogen-bond acceptors (Lipinski definition) is 5. The molecule has 4 aromatic carbocycles. The van der Waals surface area contributed by atoms with E-state index < -0.39 is 16.9 Å². The van der Waals surface area contributed by atoms with Crippen molar-refractivity contribution >= 4 is 0 Å². The summed E-state index contributed by atoms with van der Waals surface area (Å²) < 4.78 is 19.5. The lowest BCUT2D eigenvalue weighted by Crippen LogP contribution is -2.58. The molecule has 0 saturated carbocycles. The first-order valence-corrected chi connectivity index (χ1v) is 13.5. The Morgan fingerprint density at radius 2 is 1.21 bits per heavy atom. The van der Waals surface area contributed by atoms with Crippen LogP contribution in [0, 0.1) is 0 Å². The van der Waals surface area contributed by atoms with E-state index in [0.29, 0.717) is 13.2 Å². The molecule has 1 N–H and O–H groups in total. The highest BCUT2D eigenvalue weighted by Crippen LogP contribution is 2.42. The zero-order chi connectivity index (χ0) is 27.2. The Morgan fingerprint density at radius 3 is 1.64 bits per heavy atom. The van der Waals surface area contributed by atoms with Crippen LogP contribution in [0.2, 0.25) is 0 Å². The number of hydroxylamine groups is 1. The molecule has 5 nitrogen and oxygen atoms in total. The lowest BCUT2D eigenvalue weighted by molar-refractivity contribution is -0.173. The summed E-state index contributed by atoms with van der Waals surface area (Å²) in [5.41, 5.74) is 5.93. The zero-order valence-corrected chi connectivity index (χ0v) is 22.9. The van der Waals surface area contributed by atoms with Gasteiger partial charge in [0.2, 0.25) is 0 Å². The third-order valence-electron chi connectivity index (χ3n) is 7.24. The topological polar surface area (TPSA) is 49.0 Å². The molecule has 2 atom stereocenters. The van der Waals surface area contributed by atoms with Crippen molar-refractivity contribution in [3.63, 3.8) is 0 Å². The van der Waals surface area contributed by atoms with Crippen LogP contribution in [0.25, 0.3) is 0 Å². The van der Waals surface area contributed by atoms with Gasteiger partial charge in [-0.05, 0) is 43.0 Å². The smallest absolute Gasteiger partial charge is 0.163 e. The predicted octanol–water partition coefficient (Wildman–Crippen LogP) is 6.63. The summed E-state index contributed by atoms with van der Waals surface area (Å²) in [5.74, 6) is -0.692. The molecule has 5 rings (SSSR count). The Kier molecular flexibility index (Phi) is 8.26. The molecule has 1 fully saturated rings. The largest absolute Gasteiger partial charge is 0.359 e. The first kappa shape index (κ1) is 27.3. The van der Waals surface area contributed by atoms with Gasteiger partial charge in [-0.2, -0.15) is 5.48 Å². The highest BCUT2D eigenvalue weighted by molar-refractivity contribution is 5.47. The SMILES string of the molecule is CC1(C)OC[C@@H]([C@](C)(COC(c2ccccc2)(c2ccccc2)c2ccccc2)NOCc2ccccc2)O1. The summed E-state index contributed by atoms with van der Waals surface area (Å²) in [4.78, 5) is 6.08. The summed E-state index contributed by atoms with van der Waals surface area (Å²) in [7, 11) is 0. The average Bonchev–Trinajstić information content (AvgIpc) is 3.36. The van der Waals surface area contributed by atoms with Crippen LogP contribution in [-0.2, 0) is 31.3 Å². The van der Waals surface area contributed by atoms with E-state index in [9.17, 15) is 0 Å². The van der Waals surface area contributed by atoms with E-state index in [1.165, 1.54) is 0 Å². The van der Waals surface area contributed by atoms with Crippen LogP contribution in [0.15, 0.2) is 121 Å². The van der Waals surface area contributed by atoms with Gasteiger partial charge in [0, 0.05) is 0 Å². The molecular formula is C34H37NO4. The van der Waals surface area contributed by atoms with Gasteiger partial charge in [0.05, 0.1) is 25.4 Å². The molecule has 5 heteroatoms. The van der Waals surface area contributed by atoms with Crippen LogP contribution in [0.4, 0.5) is 0 Å². The van der Waals surface area contributed by atoms with Gasteiger partial charge in [-0.3, -0.25) is 4.84 Å². The normalized spacial score (nSPS) is 18.5. The van der Waals surface area contributed by atoms with Crippen molar-refractivity contribution in [3.05, 3.63) is 144 Å². The van der Waals surface area contributed by atoms with Gasteiger partial charge < -0.3 is 14.2 Å². The van der Waals surface area contributed by atoms with Gasteiger partial charge >= 0.3 is 0 Å². The Bertz CT molecular complexity index is 1200. The summed E-state index contributed by atoms with van der Waals surface area (Å²) >= 11 is 0. The van der Waals surface area contributed by atoms with E-state index in [2.05, 4.69) is 85.2 Å². The summed E-state index contributed by atoms with van der Waals surface area (Å²) in [6, 6.07) is 41.2. The summed E-state index contributed by atoms with van der Waals surface area (Å²) in [6.45, 7) is 7.05. The molecule has 0 aromatic heterocycles. The van der Waals surface area contributed by atoms with Crippen LogP contribution in [0.3, 0.4) is 0 Å². The number of rotatable bonds is 11. The van der Waals surface area contributed by atoms with Gasteiger partial charge in [-0.25, -0.2) is 0 Å². The first-order chi connectivity index (χ1) is 18.9. The fourth-order valence-electron chi connectivity index (χ4n) is 5.07. The molecule has 1 aliphatic heterocycles. The molecule has 0 aliphatic carbocycles. The molecule has 4 aromatic rings. The minimum atomic E-state index is -0.860. The minimum Gasteiger partial charge on any atom is -0.359 e. The molecule has 0 amide bonds. The molecule has 0 unspecified atom stereocenters. The maximum atomic E-state index is 7.16. The second-order valence-electron chi connectivity index (χ2n) is 10.7. The Hall–Kier alpha value is -3.32. The van der Waals surface area contributed by atoms with Crippen LogP contribution >= 0.6 is 0 Å². The van der Waals surface area contributed by atoms with Gasteiger partial charge in [0.25, 0.3) is 0 Å². The van der Waals surface area contributed by atoms with Crippen LogP contribution in [-0.4, -0.2) is 30.6 Å². The lowest BCUT2D eigenvalue weighted by atomic mass is 9.79. The first-order valence-electron chi connectivity index (χ1n) is 13.5. The van der Waals surface area contributed by atoms with Crippen molar-refractivity contribution in [2.45, 2.75) is 50.4 Å². The molecule has 0 bridgehead atoms. The Balaban J connectivity index is 1.51. The third-order valence-corrected chi connectivity index (χ3v) is 7.24. The zero-order valence-electron chi connectivity index (χ0n) is 22.9. The van der Waals surface area contributed by atoms with Gasteiger partial charge in [0.1, 0.15) is 11.7 Å². The fourth-order valence-corrected chi connectivity index (χ4v) is 5.07. The quantitative estimate of drug-likeness (QED) is 0.177. The summed E-state index contributed by atoms with van der Waals surface area (Å²) in [6.07, 6.45) is -0.303. The van der Waals surface area contributed by atoms with Crippen molar-refractivity contribution in [2.75, 3.05) is 13.2 Å². The van der Waals surface area contributed by atoms with Crippen molar-refractivity contribution < 1.29 is 19.0 Å². The average molecular weight is 524 g/mol. The lowest BCUT2D eigenvalue weighted by Gasteiger charge is -2.41. The number of benzene rings is 4. The van der Waals surface area contributed by atoms with E-state index >= 15 is 0 Å². The molecule has 0 spiro atoms. The number of hydrogen-bond donors (Lipinski definition) is 1. The van der Waals surface area contributed by atoms with Crippen molar-refractivity contribution in [1.29, 1.82) is 0 Å². The molecular weight excluding hydrogens is 486 g/mol. The molecule has 1 aliphatic rings. The fraction of sp³-hybridized carbons (Fsp3) is 0.294. The second kappa shape index (κ2) is 11.8. The maximum absolute atomic E-state index is 7.16. The van der Waals surface area contributed by atoms with Crippen molar-refractivity contribution in [3.8, 4) is 0 Å². The van der Waals surface area contributed by atoms with Crippen LogP contribution in [0.5, 0.6) is 0 Å². The summed E-state index contributed by atoms with van der Waals surface area (Å²) in [5, 5.41) is 0. The highest BCUT2D eigenvalue weighted by Gasteiger charge is 2.47. The number of nitrogens with one attached hydrogen (secondary N) is 1. The van der Waals surface area contributed by atoms with Gasteiger partial charge in [-0.15, -0.1) is 0 Å².